The predicted octanol–water partition coefficient (Wildman–Crippen LogP) is 3.47. The summed E-state index contributed by atoms with van der Waals surface area (Å²) in [5.41, 5.74) is 2.53. The molecule has 0 aliphatic carbocycles. The fourth-order valence-corrected chi connectivity index (χ4v) is 4.07. The summed E-state index contributed by atoms with van der Waals surface area (Å²) in [6.07, 6.45) is 0.152. The molecule has 178 valence electrons. The minimum atomic E-state index is -0.584. The van der Waals surface area contributed by atoms with E-state index in [2.05, 4.69) is 21.3 Å². The number of nitrogens with zero attached hydrogens (tertiary/aromatic N) is 2. The van der Waals surface area contributed by atoms with Gasteiger partial charge in [0.2, 0.25) is 5.91 Å². The van der Waals surface area contributed by atoms with E-state index in [1.54, 1.807) is 17.9 Å². The molecular weight excluding hydrogens is 432 g/mol. The van der Waals surface area contributed by atoms with Gasteiger partial charge in [0, 0.05) is 24.2 Å². The number of hydrogen-bond acceptors (Lipinski definition) is 5. The average Bonchev–Trinajstić information content (AvgIpc) is 3.27. The summed E-state index contributed by atoms with van der Waals surface area (Å²) in [5, 5.41) is 16.8. The zero-order valence-corrected chi connectivity index (χ0v) is 19.5. The lowest BCUT2D eigenvalue weighted by Crippen LogP contribution is -2.57. The number of rotatable bonds is 7. The number of methoxy groups -OCH3 is 1. The van der Waals surface area contributed by atoms with Crippen molar-refractivity contribution in [3.8, 4) is 17.0 Å². The van der Waals surface area contributed by atoms with E-state index in [0.29, 0.717) is 18.1 Å². The molecule has 3 amide bonds. The Balaban J connectivity index is 1.53. The summed E-state index contributed by atoms with van der Waals surface area (Å²) >= 11 is 0. The summed E-state index contributed by atoms with van der Waals surface area (Å²) in [5.74, 6) is 1.06. The Morgan fingerprint density at radius 3 is 2.53 bits per heavy atom. The van der Waals surface area contributed by atoms with Crippen LogP contribution >= 0.6 is 0 Å². The van der Waals surface area contributed by atoms with Crippen molar-refractivity contribution < 1.29 is 14.3 Å². The van der Waals surface area contributed by atoms with Gasteiger partial charge in [0.05, 0.1) is 18.7 Å². The molecule has 34 heavy (non-hydrogen) atoms. The number of carbonyl (C=O) groups is 2. The fraction of sp³-hybridized carbons (Fsp3) is 0.320. The third-order valence-electron chi connectivity index (χ3n) is 5.98. The molecule has 3 unspecified atom stereocenters. The molecule has 4 rings (SSSR count). The minimum absolute atomic E-state index is 0.0366. The van der Waals surface area contributed by atoms with Crippen molar-refractivity contribution in [2.75, 3.05) is 12.4 Å². The topological polar surface area (TPSA) is 109 Å². The van der Waals surface area contributed by atoms with Crippen molar-refractivity contribution in [3.63, 3.8) is 0 Å². The molecular formula is C25H30N6O3. The van der Waals surface area contributed by atoms with E-state index in [1.165, 1.54) is 0 Å². The Morgan fingerprint density at radius 2 is 1.88 bits per heavy atom. The normalized spacial score (nSPS) is 19.9. The largest absolute Gasteiger partial charge is 0.497 e. The first-order chi connectivity index (χ1) is 16.5. The summed E-state index contributed by atoms with van der Waals surface area (Å²) in [7, 11) is 1.61. The molecule has 1 aromatic heterocycles. The lowest BCUT2D eigenvalue weighted by Gasteiger charge is -2.35. The van der Waals surface area contributed by atoms with Crippen LogP contribution in [0.5, 0.6) is 5.75 Å². The standard InChI is InChI=1S/C25H30N6O3/c1-4-20-16(2)27-24(29-23(20)32)31-22(14-21(30-31)18-8-6-5-7-9-18)28-25(33)26-15-17-10-12-19(34-3)13-11-17/h5-14,16,20,24,27H,4,15H2,1-3H3,(H,29,32)(H2,26,28,33). The van der Waals surface area contributed by atoms with E-state index in [4.69, 9.17) is 9.84 Å². The highest BCUT2D eigenvalue weighted by Crippen LogP contribution is 2.26. The number of urea groups is 1. The van der Waals surface area contributed by atoms with Crippen LogP contribution in [0.3, 0.4) is 0 Å². The number of carbonyl (C=O) groups excluding carboxylic acids is 2. The monoisotopic (exact) mass is 462 g/mol. The van der Waals surface area contributed by atoms with Crippen LogP contribution in [0.2, 0.25) is 0 Å². The minimum Gasteiger partial charge on any atom is -0.497 e. The molecule has 1 saturated heterocycles. The molecule has 3 aromatic rings. The highest BCUT2D eigenvalue weighted by atomic mass is 16.5. The quantitative estimate of drug-likeness (QED) is 0.430. The van der Waals surface area contributed by atoms with Crippen molar-refractivity contribution in [3.05, 3.63) is 66.2 Å². The molecule has 0 bridgehead atoms. The molecule has 2 heterocycles. The molecule has 2 aromatic carbocycles. The summed E-state index contributed by atoms with van der Waals surface area (Å²) in [4.78, 5) is 25.4. The van der Waals surface area contributed by atoms with Crippen molar-refractivity contribution in [2.24, 2.45) is 5.92 Å². The van der Waals surface area contributed by atoms with E-state index < -0.39 is 6.29 Å². The van der Waals surface area contributed by atoms with Crippen molar-refractivity contribution in [1.82, 2.24) is 25.7 Å². The Hall–Kier alpha value is -3.85. The second-order valence-corrected chi connectivity index (χ2v) is 8.26. The van der Waals surface area contributed by atoms with Gasteiger partial charge < -0.3 is 15.4 Å². The molecule has 4 N–H and O–H groups in total. The highest BCUT2D eigenvalue weighted by Gasteiger charge is 2.34. The maximum absolute atomic E-state index is 12.7. The molecule has 9 nitrogen and oxygen atoms in total. The van der Waals surface area contributed by atoms with Crippen molar-refractivity contribution in [2.45, 2.75) is 39.1 Å². The SMILES string of the molecule is CCC1C(=O)NC(n2nc(-c3ccccc3)cc2NC(=O)NCc2ccc(OC)cc2)NC1C. The van der Waals surface area contributed by atoms with E-state index in [-0.39, 0.29) is 23.9 Å². The maximum atomic E-state index is 12.7. The Kier molecular flexibility index (Phi) is 7.12. The third-order valence-corrected chi connectivity index (χ3v) is 5.98. The van der Waals surface area contributed by atoms with Gasteiger partial charge in [-0.15, -0.1) is 0 Å². The van der Waals surface area contributed by atoms with E-state index in [9.17, 15) is 9.59 Å². The van der Waals surface area contributed by atoms with Crippen LogP contribution in [-0.4, -0.2) is 34.9 Å². The van der Waals surface area contributed by atoms with Crippen LogP contribution < -0.4 is 26.0 Å². The maximum Gasteiger partial charge on any atom is 0.320 e. The van der Waals surface area contributed by atoms with Crippen molar-refractivity contribution in [1.29, 1.82) is 0 Å². The number of benzene rings is 2. The van der Waals surface area contributed by atoms with Gasteiger partial charge in [-0.1, -0.05) is 49.4 Å². The number of amides is 3. The van der Waals surface area contributed by atoms with Crippen LogP contribution in [0.1, 0.15) is 32.1 Å². The smallest absolute Gasteiger partial charge is 0.320 e. The van der Waals surface area contributed by atoms with Crippen LogP contribution in [0, 0.1) is 5.92 Å². The zero-order valence-electron chi connectivity index (χ0n) is 19.5. The summed E-state index contributed by atoms with van der Waals surface area (Å²) < 4.78 is 6.77. The van der Waals surface area contributed by atoms with Crippen LogP contribution in [0.4, 0.5) is 10.6 Å². The van der Waals surface area contributed by atoms with Gasteiger partial charge in [-0.3, -0.25) is 15.4 Å². The Labute approximate surface area is 198 Å². The fourth-order valence-electron chi connectivity index (χ4n) is 4.07. The molecule has 0 spiro atoms. The Bertz CT molecular complexity index is 1130. The van der Waals surface area contributed by atoms with E-state index >= 15 is 0 Å². The number of ether oxygens (including phenoxy) is 1. The van der Waals surface area contributed by atoms with Crippen LogP contribution in [0.25, 0.3) is 11.3 Å². The van der Waals surface area contributed by atoms with Gasteiger partial charge in [-0.25, -0.2) is 9.48 Å². The predicted molar refractivity (Wildman–Crippen MR) is 130 cm³/mol. The second-order valence-electron chi connectivity index (χ2n) is 8.26. The number of nitrogens with one attached hydrogen (secondary N) is 4. The van der Waals surface area contributed by atoms with Crippen molar-refractivity contribution >= 4 is 17.8 Å². The summed E-state index contributed by atoms with van der Waals surface area (Å²) in [6.45, 7) is 4.32. The molecule has 1 aliphatic rings. The first-order valence-corrected chi connectivity index (χ1v) is 11.4. The van der Waals surface area contributed by atoms with Gasteiger partial charge in [-0.2, -0.15) is 5.10 Å². The molecule has 0 saturated carbocycles. The van der Waals surface area contributed by atoms with Gasteiger partial charge in [0.15, 0.2) is 6.29 Å². The second kappa shape index (κ2) is 10.4. The molecule has 1 aliphatic heterocycles. The molecule has 1 fully saturated rings. The zero-order chi connectivity index (χ0) is 24.1. The summed E-state index contributed by atoms with van der Waals surface area (Å²) in [6, 6.07) is 18.5. The molecule has 9 heteroatoms. The van der Waals surface area contributed by atoms with Crippen LogP contribution in [-0.2, 0) is 11.3 Å². The molecule has 3 atom stereocenters. The van der Waals surface area contributed by atoms with E-state index in [0.717, 1.165) is 23.3 Å². The van der Waals surface area contributed by atoms with Crippen LogP contribution in [0.15, 0.2) is 60.7 Å². The number of anilines is 1. The van der Waals surface area contributed by atoms with Gasteiger partial charge in [0.1, 0.15) is 11.6 Å². The first kappa shape index (κ1) is 23.3. The van der Waals surface area contributed by atoms with Gasteiger partial charge in [-0.05, 0) is 31.0 Å². The lowest BCUT2D eigenvalue weighted by atomic mass is 9.95. The Morgan fingerprint density at radius 1 is 1.15 bits per heavy atom. The number of aromatic nitrogens is 2. The molecule has 0 radical (unpaired) electrons. The lowest BCUT2D eigenvalue weighted by molar-refractivity contribution is -0.130. The third kappa shape index (κ3) is 5.20. The van der Waals surface area contributed by atoms with E-state index in [1.807, 2.05) is 68.4 Å². The van der Waals surface area contributed by atoms with Gasteiger partial charge in [0.25, 0.3) is 0 Å². The number of hydrogen-bond donors (Lipinski definition) is 4. The average molecular weight is 463 g/mol. The van der Waals surface area contributed by atoms with Gasteiger partial charge >= 0.3 is 6.03 Å². The first-order valence-electron chi connectivity index (χ1n) is 11.4. The highest BCUT2D eigenvalue weighted by molar-refractivity contribution is 5.89.